The lowest BCUT2D eigenvalue weighted by Gasteiger charge is -2.02. The number of Topliss-reactive ketones (excluding diaryl/α,β-unsaturated/α-hetero) is 1. The standard InChI is InChI=1S/C19H17Cl2N3O2/c1-23-17(13-5-8-15(20)16(21)9-13)10-24(19(23)22)11-18(25)12-3-6-14(26-2)7-4-12/h3-10,22H,11H2,1-2H3/p+1. The fourth-order valence-electron chi connectivity index (χ4n) is 2.69. The molecule has 0 atom stereocenters. The molecule has 2 aromatic carbocycles. The number of hydrogen-bond acceptors (Lipinski definition) is 3. The zero-order valence-corrected chi connectivity index (χ0v) is 15.9. The number of benzene rings is 2. The van der Waals surface area contributed by atoms with Gasteiger partial charge in [0.05, 0.1) is 24.2 Å². The Hall–Kier alpha value is -2.50. The maximum atomic E-state index is 12.6. The molecule has 3 aromatic rings. The summed E-state index contributed by atoms with van der Waals surface area (Å²) >= 11 is 12.1. The Morgan fingerprint density at radius 1 is 1.15 bits per heavy atom. The molecule has 0 saturated carbocycles. The molecule has 1 heterocycles. The van der Waals surface area contributed by atoms with Gasteiger partial charge in [0.1, 0.15) is 24.2 Å². The van der Waals surface area contributed by atoms with Crippen LogP contribution in [0.2, 0.25) is 10.0 Å². The Bertz CT molecular complexity index is 966. The number of methoxy groups -OCH3 is 1. The molecule has 0 spiro atoms. The van der Waals surface area contributed by atoms with E-state index in [2.05, 4.69) is 0 Å². The average Bonchev–Trinajstić information content (AvgIpc) is 2.92. The van der Waals surface area contributed by atoms with Crippen molar-refractivity contribution in [2.75, 3.05) is 12.8 Å². The maximum Gasteiger partial charge on any atom is 0.355 e. The lowest BCUT2D eigenvalue weighted by Crippen LogP contribution is -2.39. The van der Waals surface area contributed by atoms with E-state index in [0.29, 0.717) is 27.3 Å². The third kappa shape index (κ3) is 3.54. The van der Waals surface area contributed by atoms with Crippen molar-refractivity contribution in [2.45, 2.75) is 6.54 Å². The van der Waals surface area contributed by atoms with Crippen LogP contribution >= 0.6 is 23.2 Å². The lowest BCUT2D eigenvalue weighted by atomic mass is 10.1. The van der Waals surface area contributed by atoms with Gasteiger partial charge in [-0.3, -0.25) is 10.5 Å². The number of ketones is 1. The van der Waals surface area contributed by atoms with Gasteiger partial charge in [-0.15, -0.1) is 0 Å². The summed E-state index contributed by atoms with van der Waals surface area (Å²) in [7, 11) is 3.42. The van der Waals surface area contributed by atoms with E-state index >= 15 is 0 Å². The third-order valence-corrected chi connectivity index (χ3v) is 4.96. The molecule has 2 N–H and O–H groups in total. The number of anilines is 1. The predicted octanol–water partition coefficient (Wildman–Crippen LogP) is 3.76. The van der Waals surface area contributed by atoms with Gasteiger partial charge in [-0.2, -0.15) is 0 Å². The summed E-state index contributed by atoms with van der Waals surface area (Å²) in [5.41, 5.74) is 8.47. The molecule has 134 valence electrons. The molecule has 7 heteroatoms. The molecule has 1 aromatic heterocycles. The molecule has 0 bridgehead atoms. The molecule has 5 nitrogen and oxygen atoms in total. The van der Waals surface area contributed by atoms with E-state index in [1.54, 1.807) is 52.6 Å². The summed E-state index contributed by atoms with van der Waals surface area (Å²) in [6.45, 7) is 0.132. The van der Waals surface area contributed by atoms with Crippen LogP contribution in [0.3, 0.4) is 0 Å². The van der Waals surface area contributed by atoms with Gasteiger partial charge in [0.15, 0.2) is 5.78 Å². The van der Waals surface area contributed by atoms with Crippen molar-refractivity contribution in [2.24, 2.45) is 7.05 Å². The van der Waals surface area contributed by atoms with Crippen molar-refractivity contribution in [1.29, 1.82) is 0 Å². The number of hydrogen-bond donors (Lipinski definition) is 1. The van der Waals surface area contributed by atoms with Crippen LogP contribution in [0.25, 0.3) is 11.3 Å². The minimum Gasteiger partial charge on any atom is -0.497 e. The van der Waals surface area contributed by atoms with Gasteiger partial charge in [-0.1, -0.05) is 23.2 Å². The second kappa shape index (κ2) is 7.40. The normalized spacial score (nSPS) is 10.8. The first-order valence-electron chi connectivity index (χ1n) is 7.88. The Labute approximate surface area is 161 Å². The molecule has 26 heavy (non-hydrogen) atoms. The summed E-state index contributed by atoms with van der Waals surface area (Å²) < 4.78 is 8.63. The number of halogens is 2. The molecular weight excluding hydrogens is 373 g/mol. The average molecular weight is 391 g/mol. The van der Waals surface area contributed by atoms with E-state index in [1.807, 2.05) is 19.3 Å². The Morgan fingerprint density at radius 3 is 2.46 bits per heavy atom. The van der Waals surface area contributed by atoms with Gasteiger partial charge >= 0.3 is 5.95 Å². The van der Waals surface area contributed by atoms with Crippen LogP contribution in [0.15, 0.2) is 48.7 Å². The highest BCUT2D eigenvalue weighted by molar-refractivity contribution is 6.42. The number of nitrogen functional groups attached to an aromatic ring is 1. The number of ether oxygens (including phenoxy) is 1. The smallest absolute Gasteiger partial charge is 0.355 e. The third-order valence-electron chi connectivity index (χ3n) is 4.22. The number of nitrogens with two attached hydrogens (primary N) is 1. The summed E-state index contributed by atoms with van der Waals surface area (Å²) in [5.74, 6) is 1.12. The van der Waals surface area contributed by atoms with Crippen LogP contribution in [-0.4, -0.2) is 17.5 Å². The maximum absolute atomic E-state index is 12.6. The molecule has 0 aliphatic heterocycles. The molecule has 0 amide bonds. The number of rotatable bonds is 5. The number of carbonyl (C=O) groups excluding carboxylic acids is 1. The van der Waals surface area contributed by atoms with Crippen LogP contribution in [-0.2, 0) is 13.6 Å². The quantitative estimate of drug-likeness (QED) is 0.532. The molecule has 0 radical (unpaired) electrons. The largest absolute Gasteiger partial charge is 0.497 e. The van der Waals surface area contributed by atoms with Crippen LogP contribution in [0.1, 0.15) is 10.4 Å². The van der Waals surface area contributed by atoms with E-state index in [0.717, 1.165) is 11.3 Å². The van der Waals surface area contributed by atoms with E-state index in [1.165, 1.54) is 0 Å². The highest BCUT2D eigenvalue weighted by atomic mass is 35.5. The van der Waals surface area contributed by atoms with Crippen molar-refractivity contribution in [3.05, 3.63) is 64.3 Å². The zero-order chi connectivity index (χ0) is 18.8. The second-order valence-corrected chi connectivity index (χ2v) is 6.65. The predicted molar refractivity (Wildman–Crippen MR) is 103 cm³/mol. The van der Waals surface area contributed by atoms with Crippen molar-refractivity contribution in [3.8, 4) is 17.0 Å². The highest BCUT2D eigenvalue weighted by Crippen LogP contribution is 2.28. The summed E-state index contributed by atoms with van der Waals surface area (Å²) in [5, 5.41) is 0.949. The Morgan fingerprint density at radius 2 is 1.85 bits per heavy atom. The minimum atomic E-state index is -0.0457. The van der Waals surface area contributed by atoms with E-state index < -0.39 is 0 Å². The van der Waals surface area contributed by atoms with Gasteiger partial charge in [-0.25, -0.2) is 9.13 Å². The van der Waals surface area contributed by atoms with Crippen molar-refractivity contribution >= 4 is 34.9 Å². The van der Waals surface area contributed by atoms with Crippen LogP contribution in [0.5, 0.6) is 5.75 Å². The van der Waals surface area contributed by atoms with Crippen molar-refractivity contribution in [1.82, 2.24) is 4.57 Å². The van der Waals surface area contributed by atoms with Crippen molar-refractivity contribution < 1.29 is 14.1 Å². The molecule has 0 fully saturated rings. The number of nitrogens with zero attached hydrogens (tertiary/aromatic N) is 2. The number of imidazole rings is 1. The summed E-state index contributed by atoms with van der Waals surface area (Å²) in [6.07, 6.45) is 1.83. The molecule has 0 saturated heterocycles. The first-order valence-corrected chi connectivity index (χ1v) is 8.63. The van der Waals surface area contributed by atoms with Crippen molar-refractivity contribution in [3.63, 3.8) is 0 Å². The second-order valence-electron chi connectivity index (χ2n) is 5.84. The van der Waals surface area contributed by atoms with Crippen LogP contribution in [0, 0.1) is 0 Å². The van der Waals surface area contributed by atoms with Gasteiger partial charge in [0.25, 0.3) is 0 Å². The number of carbonyl (C=O) groups is 1. The lowest BCUT2D eigenvalue weighted by molar-refractivity contribution is -0.667. The van der Waals surface area contributed by atoms with Crippen LogP contribution in [0.4, 0.5) is 5.95 Å². The molecule has 3 rings (SSSR count). The molecule has 0 aliphatic carbocycles. The monoisotopic (exact) mass is 390 g/mol. The molecule has 0 unspecified atom stereocenters. The van der Waals surface area contributed by atoms with Crippen LogP contribution < -0.4 is 15.0 Å². The van der Waals surface area contributed by atoms with E-state index in [-0.39, 0.29) is 12.3 Å². The molecule has 0 aliphatic rings. The topological polar surface area (TPSA) is 61.1 Å². The summed E-state index contributed by atoms with van der Waals surface area (Å²) in [6, 6.07) is 12.4. The highest BCUT2D eigenvalue weighted by Gasteiger charge is 2.20. The fraction of sp³-hybridized carbons (Fsp3) is 0.158. The van der Waals surface area contributed by atoms with E-state index in [9.17, 15) is 4.79 Å². The first kappa shape index (κ1) is 18.3. The Balaban J connectivity index is 1.89. The first-order chi connectivity index (χ1) is 12.4. The Kier molecular flexibility index (Phi) is 5.20. The minimum absolute atomic E-state index is 0.0457. The van der Waals surface area contributed by atoms with Gasteiger partial charge in [-0.05, 0) is 42.5 Å². The molecular formula is C19H18Cl2N3O2+. The van der Waals surface area contributed by atoms with Gasteiger partial charge in [0.2, 0.25) is 0 Å². The summed E-state index contributed by atoms with van der Waals surface area (Å²) in [4.78, 5) is 12.6. The van der Waals surface area contributed by atoms with Gasteiger partial charge in [0, 0.05) is 11.1 Å². The SMILES string of the molecule is COc1ccc(C(=O)C[n+]2cc(-c3ccc(Cl)c(Cl)c3)n(C)c2N)cc1. The zero-order valence-electron chi connectivity index (χ0n) is 14.4. The van der Waals surface area contributed by atoms with Gasteiger partial charge < -0.3 is 4.74 Å². The number of aromatic nitrogens is 2. The van der Waals surface area contributed by atoms with E-state index in [4.69, 9.17) is 33.7 Å². The fourth-order valence-corrected chi connectivity index (χ4v) is 2.99.